The van der Waals surface area contributed by atoms with Gasteiger partial charge in [-0.25, -0.2) is 0 Å². The predicted molar refractivity (Wildman–Crippen MR) is 45.6 cm³/mol. The van der Waals surface area contributed by atoms with E-state index in [0.717, 1.165) is 0 Å². The lowest BCUT2D eigenvalue weighted by Crippen LogP contribution is -2.46. The number of amides is 1. The maximum atomic E-state index is 12.3. The van der Waals surface area contributed by atoms with E-state index in [1.165, 1.54) is 0 Å². The van der Waals surface area contributed by atoms with Crippen molar-refractivity contribution in [1.29, 1.82) is 0 Å². The predicted octanol–water partition coefficient (Wildman–Crippen LogP) is 2.24. The van der Waals surface area contributed by atoms with E-state index in [2.05, 4.69) is 0 Å². The standard InChI is InChI=1S/C9H14F3NO/c1-6-2-4-7(9(10,11)12)13-8(14)5-3-6/h6-7H,2-5H2,1H3,(H,13,14). The summed E-state index contributed by atoms with van der Waals surface area (Å²) in [6.45, 7) is 1.88. The number of halogens is 3. The van der Waals surface area contributed by atoms with Gasteiger partial charge in [-0.15, -0.1) is 0 Å². The summed E-state index contributed by atoms with van der Waals surface area (Å²) in [6.07, 6.45) is -2.92. The van der Waals surface area contributed by atoms with Crippen molar-refractivity contribution in [1.82, 2.24) is 5.32 Å². The second-order valence-electron chi connectivity index (χ2n) is 3.88. The Labute approximate surface area is 80.9 Å². The minimum absolute atomic E-state index is 0.00356. The van der Waals surface area contributed by atoms with Crippen LogP contribution in [0.1, 0.15) is 32.6 Å². The Morgan fingerprint density at radius 3 is 2.50 bits per heavy atom. The van der Waals surface area contributed by atoms with Crippen molar-refractivity contribution in [2.75, 3.05) is 0 Å². The van der Waals surface area contributed by atoms with Gasteiger partial charge < -0.3 is 5.32 Å². The molecule has 0 spiro atoms. The van der Waals surface area contributed by atoms with Crippen LogP contribution in [-0.4, -0.2) is 18.1 Å². The van der Waals surface area contributed by atoms with Gasteiger partial charge in [0.05, 0.1) is 0 Å². The monoisotopic (exact) mass is 209 g/mol. The molecule has 0 saturated carbocycles. The molecule has 0 aromatic heterocycles. The lowest BCUT2D eigenvalue weighted by atomic mass is 9.94. The number of hydrogen-bond acceptors (Lipinski definition) is 1. The van der Waals surface area contributed by atoms with Gasteiger partial charge >= 0.3 is 6.18 Å². The van der Waals surface area contributed by atoms with Crippen molar-refractivity contribution in [2.24, 2.45) is 5.92 Å². The molecular formula is C9H14F3NO. The molecule has 2 atom stereocenters. The van der Waals surface area contributed by atoms with Crippen LogP contribution in [0, 0.1) is 5.92 Å². The van der Waals surface area contributed by atoms with Crippen LogP contribution in [-0.2, 0) is 4.79 Å². The fourth-order valence-electron chi connectivity index (χ4n) is 1.56. The summed E-state index contributed by atoms with van der Waals surface area (Å²) in [7, 11) is 0. The molecule has 0 radical (unpaired) electrons. The van der Waals surface area contributed by atoms with Gasteiger partial charge in [0, 0.05) is 6.42 Å². The number of nitrogens with one attached hydrogen (secondary N) is 1. The SMILES string of the molecule is CC1CCC(=O)NC(C(F)(F)F)CC1. The molecule has 1 aliphatic rings. The van der Waals surface area contributed by atoms with Crippen LogP contribution in [0.15, 0.2) is 0 Å². The minimum atomic E-state index is -4.31. The van der Waals surface area contributed by atoms with Gasteiger partial charge in [-0.05, 0) is 25.2 Å². The second-order valence-corrected chi connectivity index (χ2v) is 3.88. The number of carbonyl (C=O) groups excluding carboxylic acids is 1. The average molecular weight is 209 g/mol. The van der Waals surface area contributed by atoms with Crippen LogP contribution in [0.2, 0.25) is 0 Å². The first kappa shape index (κ1) is 11.3. The van der Waals surface area contributed by atoms with Gasteiger partial charge in [-0.1, -0.05) is 6.92 Å². The third kappa shape index (κ3) is 3.20. The van der Waals surface area contributed by atoms with Gasteiger partial charge in [0.15, 0.2) is 0 Å². The topological polar surface area (TPSA) is 29.1 Å². The normalized spacial score (nSPS) is 30.4. The van der Waals surface area contributed by atoms with Crippen LogP contribution < -0.4 is 5.32 Å². The summed E-state index contributed by atoms with van der Waals surface area (Å²) < 4.78 is 37.0. The van der Waals surface area contributed by atoms with Gasteiger partial charge in [0.25, 0.3) is 0 Å². The Hall–Kier alpha value is -0.740. The van der Waals surface area contributed by atoms with Crippen LogP contribution in [0.4, 0.5) is 13.2 Å². The lowest BCUT2D eigenvalue weighted by Gasteiger charge is -2.25. The Kier molecular flexibility index (Phi) is 3.39. The highest BCUT2D eigenvalue weighted by atomic mass is 19.4. The smallest absolute Gasteiger partial charge is 0.344 e. The summed E-state index contributed by atoms with van der Waals surface area (Å²) in [5, 5.41) is 2.02. The maximum absolute atomic E-state index is 12.3. The number of rotatable bonds is 0. The summed E-state index contributed by atoms with van der Waals surface area (Å²) in [5.41, 5.74) is 0. The molecule has 1 heterocycles. The zero-order valence-electron chi connectivity index (χ0n) is 8.03. The molecule has 5 heteroatoms. The van der Waals surface area contributed by atoms with Crippen LogP contribution >= 0.6 is 0 Å². The van der Waals surface area contributed by atoms with E-state index < -0.39 is 18.1 Å². The molecule has 14 heavy (non-hydrogen) atoms. The molecule has 1 aliphatic heterocycles. The Morgan fingerprint density at radius 1 is 1.29 bits per heavy atom. The molecule has 2 unspecified atom stereocenters. The van der Waals surface area contributed by atoms with Crippen LogP contribution in [0.5, 0.6) is 0 Å². The third-order valence-electron chi connectivity index (χ3n) is 2.54. The first-order chi connectivity index (χ1) is 6.39. The molecule has 0 bridgehead atoms. The van der Waals surface area contributed by atoms with Gasteiger partial charge in [-0.2, -0.15) is 13.2 Å². The molecule has 1 saturated heterocycles. The Balaban J connectivity index is 2.62. The number of carbonyl (C=O) groups is 1. The number of alkyl halides is 3. The molecular weight excluding hydrogens is 195 g/mol. The molecule has 2 nitrogen and oxygen atoms in total. The average Bonchev–Trinajstić information content (AvgIpc) is 2.03. The van der Waals surface area contributed by atoms with Gasteiger partial charge in [-0.3, -0.25) is 4.79 Å². The van der Waals surface area contributed by atoms with E-state index in [-0.39, 0.29) is 18.8 Å². The quantitative estimate of drug-likeness (QED) is 0.651. The van der Waals surface area contributed by atoms with Crippen molar-refractivity contribution in [3.63, 3.8) is 0 Å². The summed E-state index contributed by atoms with van der Waals surface area (Å²) in [6, 6.07) is -1.65. The molecule has 1 N–H and O–H groups in total. The Bertz CT molecular complexity index is 215. The number of hydrogen-bond donors (Lipinski definition) is 1. The zero-order valence-corrected chi connectivity index (χ0v) is 8.03. The fourth-order valence-corrected chi connectivity index (χ4v) is 1.56. The largest absolute Gasteiger partial charge is 0.408 e. The Morgan fingerprint density at radius 2 is 1.93 bits per heavy atom. The summed E-state index contributed by atoms with van der Waals surface area (Å²) in [4.78, 5) is 11.0. The van der Waals surface area contributed by atoms with Crippen molar-refractivity contribution in [3.05, 3.63) is 0 Å². The highest BCUT2D eigenvalue weighted by molar-refractivity contribution is 5.76. The zero-order chi connectivity index (χ0) is 10.8. The van der Waals surface area contributed by atoms with E-state index in [4.69, 9.17) is 0 Å². The van der Waals surface area contributed by atoms with E-state index in [1.54, 1.807) is 0 Å². The van der Waals surface area contributed by atoms with Gasteiger partial charge in [0.1, 0.15) is 6.04 Å². The van der Waals surface area contributed by atoms with E-state index >= 15 is 0 Å². The highest BCUT2D eigenvalue weighted by Gasteiger charge is 2.40. The fraction of sp³-hybridized carbons (Fsp3) is 0.889. The van der Waals surface area contributed by atoms with Crippen molar-refractivity contribution in [2.45, 2.75) is 44.8 Å². The lowest BCUT2D eigenvalue weighted by molar-refractivity contribution is -0.164. The first-order valence-electron chi connectivity index (χ1n) is 4.75. The second kappa shape index (κ2) is 4.19. The molecule has 0 aromatic rings. The molecule has 0 aliphatic carbocycles. The molecule has 1 amide bonds. The van der Waals surface area contributed by atoms with Gasteiger partial charge in [0.2, 0.25) is 5.91 Å². The minimum Gasteiger partial charge on any atom is -0.344 e. The molecule has 1 fully saturated rings. The van der Waals surface area contributed by atoms with Crippen molar-refractivity contribution < 1.29 is 18.0 Å². The maximum Gasteiger partial charge on any atom is 0.408 e. The first-order valence-corrected chi connectivity index (χ1v) is 4.75. The summed E-state index contributed by atoms with van der Waals surface area (Å²) in [5.74, 6) is -0.287. The van der Waals surface area contributed by atoms with Crippen LogP contribution in [0.3, 0.4) is 0 Å². The summed E-state index contributed by atoms with van der Waals surface area (Å²) >= 11 is 0. The van der Waals surface area contributed by atoms with E-state index in [9.17, 15) is 18.0 Å². The van der Waals surface area contributed by atoms with E-state index in [1.807, 2.05) is 12.2 Å². The van der Waals surface area contributed by atoms with Crippen LogP contribution in [0.25, 0.3) is 0 Å². The molecule has 0 aromatic carbocycles. The molecule has 82 valence electrons. The van der Waals surface area contributed by atoms with Crippen molar-refractivity contribution >= 4 is 5.91 Å². The third-order valence-corrected chi connectivity index (χ3v) is 2.54. The van der Waals surface area contributed by atoms with Crippen molar-refractivity contribution in [3.8, 4) is 0 Å². The highest BCUT2D eigenvalue weighted by Crippen LogP contribution is 2.27. The van der Waals surface area contributed by atoms with E-state index in [0.29, 0.717) is 12.8 Å². The molecule has 1 rings (SSSR count).